The number of ether oxygens (including phenoxy) is 4. The van der Waals surface area contributed by atoms with Crippen molar-refractivity contribution in [2.45, 2.75) is 116 Å². The van der Waals surface area contributed by atoms with Crippen molar-refractivity contribution >= 4 is 34.8 Å². The average molecular weight is 1180 g/mol. The first kappa shape index (κ1) is 59.9. The monoisotopic (exact) mass is 1180 g/mol. The van der Waals surface area contributed by atoms with Gasteiger partial charge < -0.3 is 34.2 Å². The molecule has 0 radical (unpaired) electrons. The third kappa shape index (κ3) is 17.2. The number of hydrogen-bond donors (Lipinski definition) is 0. The molecule has 2 fully saturated rings. The zero-order chi connectivity index (χ0) is 50.5. The summed E-state index contributed by atoms with van der Waals surface area (Å²) < 4.78 is 37.5. The zero-order valence-electron chi connectivity index (χ0n) is 42.5. The minimum atomic E-state index is -1.92. The summed E-state index contributed by atoms with van der Waals surface area (Å²) in [4.78, 5) is 76.2. The summed E-state index contributed by atoms with van der Waals surface area (Å²) in [6, 6.07) is 18.9. The van der Waals surface area contributed by atoms with Crippen LogP contribution in [0.4, 0.5) is 0 Å². The van der Waals surface area contributed by atoms with Crippen molar-refractivity contribution in [1.82, 2.24) is 34.7 Å². The van der Waals surface area contributed by atoms with E-state index in [9.17, 15) is 19.2 Å². The number of amides is 2. The molecule has 2 saturated heterocycles. The molecule has 8 rings (SSSR count). The van der Waals surface area contributed by atoms with Crippen LogP contribution >= 0.6 is 0 Å². The van der Waals surface area contributed by atoms with Crippen LogP contribution in [-0.2, 0) is 79.6 Å². The Hall–Kier alpha value is -5.66. The molecular formula is C53H66LiN7O11Pt. The molecule has 5 aromatic heterocycles. The van der Waals surface area contributed by atoms with Gasteiger partial charge in [-0.25, -0.2) is 19.9 Å². The van der Waals surface area contributed by atoms with Crippen molar-refractivity contribution in [2.24, 2.45) is 11.8 Å². The Morgan fingerprint density at radius 3 is 1.66 bits per heavy atom. The summed E-state index contributed by atoms with van der Waals surface area (Å²) in [6.07, 6.45) is 17.6. The Balaban J connectivity index is 0.000000293. The number of aryl methyl sites for hydroxylation is 4. The van der Waals surface area contributed by atoms with E-state index in [2.05, 4.69) is 38.1 Å². The Labute approximate surface area is 447 Å². The maximum absolute atomic E-state index is 13.0. The second-order valence-electron chi connectivity index (χ2n) is 17.7. The number of likely N-dealkylation sites (tertiary alicyclic amines) is 2. The number of rotatable bonds is 22. The molecule has 20 heteroatoms. The van der Waals surface area contributed by atoms with Crippen LogP contribution in [0.2, 0.25) is 0 Å². The number of carbonyl (C=O) groups excluding carboxylic acids is 4. The van der Waals surface area contributed by atoms with Crippen molar-refractivity contribution in [2.75, 3.05) is 40.5 Å². The molecule has 0 spiro atoms. The molecule has 1 N–H and O–H groups in total. The Morgan fingerprint density at radius 1 is 0.671 bits per heavy atom. The van der Waals surface area contributed by atoms with Crippen LogP contribution in [0.25, 0.3) is 11.0 Å². The summed E-state index contributed by atoms with van der Waals surface area (Å²) in [5.74, 6) is 0.557. The van der Waals surface area contributed by atoms with E-state index in [4.69, 9.17) is 30.7 Å². The SMILES string of the molecule is CCOC(=O)C[C@@H](c1ccc(OC)nc1)N1CC(CCCCc2ccc3c(n2)CCCC3)C1=O.CCOC(=O)C[C@@H](c1ccc(OC)nc1)N1CC(CCCCc2ccc3cccnc3n2)C1=O.[Li+].[OH-].[O]=[Pt]=[O]. The van der Waals surface area contributed by atoms with Crippen molar-refractivity contribution < 1.29 is 87.7 Å². The van der Waals surface area contributed by atoms with Gasteiger partial charge in [-0.15, -0.1) is 0 Å². The van der Waals surface area contributed by atoms with Gasteiger partial charge in [-0.05, 0) is 125 Å². The molecule has 18 nitrogen and oxygen atoms in total. The van der Waals surface area contributed by atoms with Crippen LogP contribution in [0.3, 0.4) is 0 Å². The van der Waals surface area contributed by atoms with Crippen LogP contribution in [0, 0.1) is 11.8 Å². The Morgan fingerprint density at radius 2 is 1.18 bits per heavy atom. The number of aromatic nitrogens is 5. The van der Waals surface area contributed by atoms with Gasteiger partial charge >= 0.3 is 56.1 Å². The van der Waals surface area contributed by atoms with Crippen LogP contribution in [0.15, 0.2) is 79.3 Å². The van der Waals surface area contributed by atoms with Gasteiger partial charge in [0.2, 0.25) is 23.6 Å². The van der Waals surface area contributed by atoms with Gasteiger partial charge in [-0.1, -0.05) is 31.0 Å². The molecule has 0 aromatic carbocycles. The van der Waals surface area contributed by atoms with Gasteiger partial charge in [0.05, 0.1) is 64.2 Å². The van der Waals surface area contributed by atoms with Crippen LogP contribution < -0.4 is 28.3 Å². The first-order chi connectivity index (χ1) is 34.6. The summed E-state index contributed by atoms with van der Waals surface area (Å²) in [5, 5.41) is 1.04. The van der Waals surface area contributed by atoms with Crippen molar-refractivity contribution in [3.8, 4) is 11.8 Å². The number of nitrogens with zero attached hydrogens (tertiary/aromatic N) is 7. The predicted molar refractivity (Wildman–Crippen MR) is 259 cm³/mol. The van der Waals surface area contributed by atoms with Gasteiger partial charge in [0.25, 0.3) is 0 Å². The minimum absolute atomic E-state index is 0. The molecule has 4 atom stereocenters. The van der Waals surface area contributed by atoms with E-state index in [0.29, 0.717) is 38.1 Å². The van der Waals surface area contributed by atoms with E-state index in [0.717, 1.165) is 92.1 Å². The predicted octanol–water partition coefficient (Wildman–Crippen LogP) is 4.72. The van der Waals surface area contributed by atoms with E-state index in [1.807, 2.05) is 30.3 Å². The quantitative estimate of drug-likeness (QED) is 0.0394. The normalized spacial score (nSPS) is 16.3. The van der Waals surface area contributed by atoms with Gasteiger partial charge in [-0.2, -0.15) is 0 Å². The van der Waals surface area contributed by atoms with Gasteiger partial charge in [-0.3, -0.25) is 24.2 Å². The molecule has 7 heterocycles. The number of methoxy groups -OCH3 is 2. The van der Waals surface area contributed by atoms with Crippen molar-refractivity contribution in [3.05, 3.63) is 113 Å². The standard InChI is InChI=1S/C27H35N3O4.C26H30N4O4.Li.H2O.2O.Pt/c1-3-34-26(31)16-24(20-13-15-25(33-2)28-17-20)30-18-21(27(30)32)9-4-6-10-22-14-12-19-8-5-7-11-23(19)29-22;1-3-34-24(31)15-22(19-11-13-23(33-2)28-16-19)30-17-20(26(30)32)7-4-5-9-21-12-10-18-8-6-14-27-25(18)29-21;;;;;/h12-15,17,21,24H,3-11,16,18H2,1-2H3;6,8,10-14,16,20,22H,3-5,7,9,15,17H2,1-2H3;;1H2;;;/q;;+1;;;;/p-1/t21?,24-;20?,22-;;;;;/m00...../s1. The van der Waals surface area contributed by atoms with Crippen LogP contribution in [-0.4, -0.2) is 104 Å². The fourth-order valence-corrected chi connectivity index (χ4v) is 9.33. The number of pyridine rings is 5. The molecule has 2 amide bonds. The zero-order valence-corrected chi connectivity index (χ0v) is 44.8. The van der Waals surface area contributed by atoms with E-state index >= 15 is 0 Å². The second-order valence-corrected chi connectivity index (χ2v) is 18.1. The van der Waals surface area contributed by atoms with E-state index in [-0.39, 0.29) is 84.9 Å². The van der Waals surface area contributed by atoms with Gasteiger partial charge in [0, 0.05) is 66.3 Å². The van der Waals surface area contributed by atoms with E-state index in [1.165, 1.54) is 29.8 Å². The summed E-state index contributed by atoms with van der Waals surface area (Å²) in [5.41, 5.74) is 7.29. The number of hydrogen-bond acceptors (Lipinski definition) is 16. The van der Waals surface area contributed by atoms with Crippen LogP contribution in [0.1, 0.15) is 124 Å². The van der Waals surface area contributed by atoms with Crippen LogP contribution in [0.5, 0.6) is 11.8 Å². The van der Waals surface area contributed by atoms with Gasteiger partial charge in [0.1, 0.15) is 0 Å². The number of fused-ring (bicyclic) bond motifs is 2. The Bertz CT molecular complexity index is 2590. The second kappa shape index (κ2) is 31.2. The molecule has 73 heavy (non-hydrogen) atoms. The Kier molecular flexibility index (Phi) is 25.6. The summed E-state index contributed by atoms with van der Waals surface area (Å²) in [6.45, 7) is 5.48. The number of carbonyl (C=O) groups is 4. The number of unbranched alkanes of at least 4 members (excludes halogenated alkanes) is 2. The molecule has 0 bridgehead atoms. The molecule has 390 valence electrons. The first-order valence-corrected chi connectivity index (χ1v) is 26.4. The van der Waals surface area contributed by atoms with Crippen molar-refractivity contribution in [3.63, 3.8) is 0 Å². The molecule has 2 aliphatic heterocycles. The fourth-order valence-electron chi connectivity index (χ4n) is 9.33. The molecule has 2 unspecified atom stereocenters. The fraction of sp³-hybridized carbons (Fsp3) is 0.491. The topological polar surface area (TPSA) is 240 Å². The molecule has 3 aliphatic rings. The average Bonchev–Trinajstić information content (AvgIpc) is 3.39. The first-order valence-electron chi connectivity index (χ1n) is 24.5. The summed E-state index contributed by atoms with van der Waals surface area (Å²) >= 11 is -1.92. The molecule has 0 saturated carbocycles. The van der Waals surface area contributed by atoms with E-state index in [1.54, 1.807) is 68.6 Å². The third-order valence-corrected chi connectivity index (χ3v) is 13.1. The number of β-lactam (4-membered cyclic amide) rings is 2. The molecular weight excluding hydrogens is 1110 g/mol. The maximum atomic E-state index is 13.0. The summed E-state index contributed by atoms with van der Waals surface area (Å²) in [7, 11) is 3.11. The van der Waals surface area contributed by atoms with Gasteiger partial charge in [0.15, 0.2) is 5.65 Å². The number of esters is 2. The molecule has 5 aromatic rings. The van der Waals surface area contributed by atoms with Crippen molar-refractivity contribution in [1.29, 1.82) is 0 Å². The third-order valence-electron chi connectivity index (χ3n) is 13.1. The van der Waals surface area contributed by atoms with E-state index < -0.39 is 18.5 Å². The molecule has 1 aliphatic carbocycles.